The van der Waals surface area contributed by atoms with Crippen molar-refractivity contribution in [2.45, 2.75) is 45.7 Å². The van der Waals surface area contributed by atoms with Crippen molar-refractivity contribution in [1.82, 2.24) is 5.32 Å². The molecule has 4 heteroatoms. The van der Waals surface area contributed by atoms with Gasteiger partial charge in [0.1, 0.15) is 5.75 Å². The van der Waals surface area contributed by atoms with Gasteiger partial charge in [0.15, 0.2) is 0 Å². The third-order valence-electron chi connectivity index (χ3n) is 3.56. The lowest BCUT2D eigenvalue weighted by atomic mass is 10.0. The molecule has 2 nitrogen and oxygen atoms in total. The van der Waals surface area contributed by atoms with Gasteiger partial charge in [-0.15, -0.1) is 11.3 Å². The molecular formula is C17H22BrNOS. The Balaban J connectivity index is 2.06. The molecular weight excluding hydrogens is 346 g/mol. The molecule has 0 aliphatic heterocycles. The summed E-state index contributed by atoms with van der Waals surface area (Å²) in [7, 11) is 0. The molecule has 2 N–H and O–H groups in total. The van der Waals surface area contributed by atoms with Crippen LogP contribution in [0.3, 0.4) is 0 Å². The fraction of sp³-hybridized carbons (Fsp3) is 0.412. The highest BCUT2D eigenvalue weighted by Crippen LogP contribution is 2.30. The van der Waals surface area contributed by atoms with Crippen LogP contribution >= 0.6 is 27.3 Å². The van der Waals surface area contributed by atoms with E-state index in [1.807, 2.05) is 23.5 Å². The fourth-order valence-electron chi connectivity index (χ4n) is 2.53. The minimum atomic E-state index is 0.165. The van der Waals surface area contributed by atoms with Crippen molar-refractivity contribution >= 4 is 27.3 Å². The first-order valence-corrected chi connectivity index (χ1v) is 8.90. The molecule has 0 aliphatic rings. The number of rotatable bonds is 6. The van der Waals surface area contributed by atoms with Crippen LogP contribution in [-0.2, 0) is 6.42 Å². The van der Waals surface area contributed by atoms with Crippen LogP contribution in [0.1, 0.15) is 41.6 Å². The van der Waals surface area contributed by atoms with Crippen LogP contribution < -0.4 is 5.32 Å². The lowest BCUT2D eigenvalue weighted by Crippen LogP contribution is -2.31. The van der Waals surface area contributed by atoms with Gasteiger partial charge in [-0.2, -0.15) is 0 Å². The Hall–Kier alpha value is -0.840. The Morgan fingerprint density at radius 3 is 2.67 bits per heavy atom. The molecule has 21 heavy (non-hydrogen) atoms. The average Bonchev–Trinajstić information content (AvgIpc) is 2.84. The summed E-state index contributed by atoms with van der Waals surface area (Å²) in [5, 5.41) is 13.7. The summed E-state index contributed by atoms with van der Waals surface area (Å²) >= 11 is 5.33. The monoisotopic (exact) mass is 367 g/mol. The first-order chi connectivity index (χ1) is 9.99. The highest BCUT2D eigenvalue weighted by Gasteiger charge is 2.17. The number of nitrogens with one attached hydrogen (secondary N) is 1. The molecule has 2 atom stereocenters. The van der Waals surface area contributed by atoms with E-state index in [1.165, 1.54) is 9.75 Å². The van der Waals surface area contributed by atoms with Gasteiger partial charge < -0.3 is 10.4 Å². The molecule has 0 amide bonds. The van der Waals surface area contributed by atoms with Gasteiger partial charge in [-0.1, -0.05) is 22.9 Å². The van der Waals surface area contributed by atoms with Crippen LogP contribution in [0.2, 0.25) is 0 Å². The lowest BCUT2D eigenvalue weighted by molar-refractivity contribution is 0.414. The molecule has 1 aromatic carbocycles. The second-order valence-corrected chi connectivity index (χ2v) is 7.74. The van der Waals surface area contributed by atoms with Crippen LogP contribution in [-0.4, -0.2) is 11.1 Å². The van der Waals surface area contributed by atoms with Crippen molar-refractivity contribution in [2.75, 3.05) is 0 Å². The maximum Gasteiger partial charge on any atom is 0.120 e. The number of thiophene rings is 1. The zero-order valence-corrected chi connectivity index (χ0v) is 15.1. The first-order valence-electron chi connectivity index (χ1n) is 7.29. The Bertz CT molecular complexity index is 596. The molecule has 0 bridgehead atoms. The maximum absolute atomic E-state index is 10.1. The predicted molar refractivity (Wildman–Crippen MR) is 94.2 cm³/mol. The van der Waals surface area contributed by atoms with Crippen molar-refractivity contribution in [2.24, 2.45) is 0 Å². The van der Waals surface area contributed by atoms with Gasteiger partial charge in [-0.25, -0.2) is 0 Å². The summed E-state index contributed by atoms with van der Waals surface area (Å²) in [4.78, 5) is 2.76. The summed E-state index contributed by atoms with van der Waals surface area (Å²) in [5.74, 6) is 0.358. The minimum absolute atomic E-state index is 0.165. The lowest BCUT2D eigenvalue weighted by Gasteiger charge is -2.23. The highest BCUT2D eigenvalue weighted by atomic mass is 79.9. The zero-order chi connectivity index (χ0) is 15.4. The number of hydrogen-bond donors (Lipinski definition) is 2. The van der Waals surface area contributed by atoms with E-state index in [0.29, 0.717) is 11.8 Å². The average molecular weight is 368 g/mol. The molecule has 2 aromatic rings. The Morgan fingerprint density at radius 2 is 2.05 bits per heavy atom. The zero-order valence-electron chi connectivity index (χ0n) is 12.7. The molecule has 0 spiro atoms. The molecule has 2 unspecified atom stereocenters. The van der Waals surface area contributed by atoms with Gasteiger partial charge in [0, 0.05) is 31.9 Å². The molecule has 0 aliphatic carbocycles. The number of halogens is 1. The van der Waals surface area contributed by atoms with E-state index in [-0.39, 0.29) is 6.04 Å². The van der Waals surface area contributed by atoms with Gasteiger partial charge in [-0.05, 0) is 57.0 Å². The van der Waals surface area contributed by atoms with E-state index in [0.717, 1.165) is 22.9 Å². The van der Waals surface area contributed by atoms with Crippen molar-refractivity contribution in [1.29, 1.82) is 0 Å². The summed E-state index contributed by atoms with van der Waals surface area (Å²) < 4.78 is 0.997. The van der Waals surface area contributed by atoms with Crippen LogP contribution in [0.25, 0.3) is 0 Å². The normalized spacial score (nSPS) is 14.1. The summed E-state index contributed by atoms with van der Waals surface area (Å²) in [6.45, 7) is 6.48. The highest BCUT2D eigenvalue weighted by molar-refractivity contribution is 9.10. The van der Waals surface area contributed by atoms with Gasteiger partial charge in [0.2, 0.25) is 0 Å². The number of aromatic hydroxyl groups is 1. The van der Waals surface area contributed by atoms with Gasteiger partial charge in [-0.3, -0.25) is 0 Å². The van der Waals surface area contributed by atoms with E-state index in [2.05, 4.69) is 54.2 Å². The van der Waals surface area contributed by atoms with E-state index in [9.17, 15) is 5.11 Å². The third-order valence-corrected chi connectivity index (χ3v) is 5.08. The predicted octanol–water partition coefficient (Wildman–Crippen LogP) is 5.20. The molecule has 0 saturated carbocycles. The van der Waals surface area contributed by atoms with E-state index in [1.54, 1.807) is 6.07 Å². The van der Waals surface area contributed by atoms with Gasteiger partial charge in [0.05, 0.1) is 0 Å². The molecule has 0 saturated heterocycles. The number of phenolic OH excluding ortho intramolecular Hbond substituents is 1. The second kappa shape index (κ2) is 7.43. The van der Waals surface area contributed by atoms with Crippen LogP contribution in [0.15, 0.2) is 34.8 Å². The first kappa shape index (κ1) is 16.5. The van der Waals surface area contributed by atoms with Crippen molar-refractivity contribution < 1.29 is 5.11 Å². The van der Waals surface area contributed by atoms with Crippen molar-refractivity contribution in [3.05, 3.63) is 50.1 Å². The number of hydrogen-bond acceptors (Lipinski definition) is 3. The van der Waals surface area contributed by atoms with Gasteiger partial charge in [0.25, 0.3) is 0 Å². The number of benzene rings is 1. The van der Waals surface area contributed by atoms with Crippen LogP contribution in [0.4, 0.5) is 0 Å². The van der Waals surface area contributed by atoms with E-state index in [4.69, 9.17) is 0 Å². The van der Waals surface area contributed by atoms with E-state index < -0.39 is 0 Å². The maximum atomic E-state index is 10.1. The van der Waals surface area contributed by atoms with Crippen LogP contribution in [0, 0.1) is 6.92 Å². The minimum Gasteiger partial charge on any atom is -0.508 e. The molecule has 0 fully saturated rings. The molecule has 114 valence electrons. The summed E-state index contributed by atoms with van der Waals surface area (Å²) in [6.07, 6.45) is 1.96. The SMILES string of the molecule is CCC(NC(C)Cc1ccc(C)s1)c1cc(Br)ccc1O. The Labute approximate surface area is 139 Å². The number of phenols is 1. The molecule has 1 heterocycles. The largest absolute Gasteiger partial charge is 0.508 e. The Morgan fingerprint density at radius 1 is 1.29 bits per heavy atom. The van der Waals surface area contributed by atoms with E-state index >= 15 is 0 Å². The smallest absolute Gasteiger partial charge is 0.120 e. The Kier molecular flexibility index (Phi) is 5.85. The summed E-state index contributed by atoms with van der Waals surface area (Å²) in [6, 6.07) is 10.5. The van der Waals surface area contributed by atoms with Crippen molar-refractivity contribution in [3.8, 4) is 5.75 Å². The van der Waals surface area contributed by atoms with Crippen LogP contribution in [0.5, 0.6) is 5.75 Å². The standard InChI is InChI=1S/C17H22BrNOS/c1-4-16(15-10-13(18)6-8-17(15)20)19-11(2)9-14-7-5-12(3)21-14/h5-8,10-11,16,19-20H,4,9H2,1-3H3. The molecule has 1 aromatic heterocycles. The third kappa shape index (κ3) is 4.56. The molecule has 2 rings (SSSR count). The number of aryl methyl sites for hydroxylation is 1. The van der Waals surface area contributed by atoms with Gasteiger partial charge >= 0.3 is 0 Å². The summed E-state index contributed by atoms with van der Waals surface area (Å²) in [5.41, 5.74) is 0.959. The van der Waals surface area contributed by atoms with Crippen molar-refractivity contribution in [3.63, 3.8) is 0 Å². The molecule has 0 radical (unpaired) electrons. The second-order valence-electron chi connectivity index (χ2n) is 5.45. The quantitative estimate of drug-likeness (QED) is 0.735. The fourth-order valence-corrected chi connectivity index (χ4v) is 3.93. The topological polar surface area (TPSA) is 32.3 Å².